The summed E-state index contributed by atoms with van der Waals surface area (Å²) in [5, 5.41) is 6.50. The number of H-pyrrole nitrogens is 1. The van der Waals surface area contributed by atoms with E-state index in [1.54, 1.807) is 13.2 Å². The fraction of sp³-hybridized carbons (Fsp3) is 0.125. The first-order valence-corrected chi connectivity index (χ1v) is 7.81. The highest BCUT2D eigenvalue weighted by molar-refractivity contribution is 7.99. The third-order valence-electron chi connectivity index (χ3n) is 3.21. The summed E-state index contributed by atoms with van der Waals surface area (Å²) in [7, 11) is 1.59. The van der Waals surface area contributed by atoms with Gasteiger partial charge in [-0.1, -0.05) is 12.1 Å². The van der Waals surface area contributed by atoms with E-state index in [-0.39, 0.29) is 12.2 Å². The van der Waals surface area contributed by atoms with Crippen LogP contribution < -0.4 is 4.74 Å². The van der Waals surface area contributed by atoms with E-state index in [4.69, 9.17) is 9.15 Å². The molecule has 0 amide bonds. The summed E-state index contributed by atoms with van der Waals surface area (Å²) >= 11 is 1.33. The van der Waals surface area contributed by atoms with E-state index in [1.165, 1.54) is 24.4 Å². The monoisotopic (exact) mass is 343 g/mol. The molecule has 0 atom stereocenters. The van der Waals surface area contributed by atoms with Gasteiger partial charge in [-0.2, -0.15) is 5.10 Å². The number of furan rings is 1. The van der Waals surface area contributed by atoms with Crippen LogP contribution in [0.4, 0.5) is 0 Å². The molecule has 24 heavy (non-hydrogen) atoms. The number of hydrogen-bond acceptors (Lipinski definition) is 7. The predicted molar refractivity (Wildman–Crippen MR) is 85.2 cm³/mol. The number of ether oxygens (including phenoxy) is 1. The summed E-state index contributed by atoms with van der Waals surface area (Å²) in [4.78, 5) is 28.6. The molecule has 2 heterocycles. The van der Waals surface area contributed by atoms with E-state index < -0.39 is 11.6 Å². The molecular formula is C16H13N3O4S. The van der Waals surface area contributed by atoms with Crippen LogP contribution in [0.1, 0.15) is 16.2 Å². The lowest BCUT2D eigenvalue weighted by Gasteiger charge is -2.07. The molecule has 0 saturated heterocycles. The average Bonchev–Trinajstić information content (AvgIpc) is 3.27. The third kappa shape index (κ3) is 3.38. The van der Waals surface area contributed by atoms with E-state index in [0.29, 0.717) is 16.4 Å². The van der Waals surface area contributed by atoms with Crippen LogP contribution in [0.15, 0.2) is 57.3 Å². The van der Waals surface area contributed by atoms with E-state index >= 15 is 0 Å². The number of carbonyl (C=O) groups excluding carboxylic acids is 2. The van der Waals surface area contributed by atoms with Crippen molar-refractivity contribution in [3.05, 3.63) is 54.3 Å². The van der Waals surface area contributed by atoms with Crippen LogP contribution in [0.3, 0.4) is 0 Å². The zero-order valence-electron chi connectivity index (χ0n) is 12.7. The minimum absolute atomic E-state index is 0.0672. The highest BCUT2D eigenvalue weighted by Gasteiger charge is 2.22. The molecule has 0 unspecified atom stereocenters. The molecule has 1 aromatic carbocycles. The van der Waals surface area contributed by atoms with E-state index in [2.05, 4.69) is 15.2 Å². The topological polar surface area (TPSA) is 98.1 Å². The fourth-order valence-electron chi connectivity index (χ4n) is 2.05. The maximum Gasteiger partial charge on any atom is 0.265 e. The Morgan fingerprint density at radius 2 is 2.12 bits per heavy atom. The quantitative estimate of drug-likeness (QED) is 0.520. The smallest absolute Gasteiger partial charge is 0.265 e. The van der Waals surface area contributed by atoms with Crippen molar-refractivity contribution in [1.82, 2.24) is 15.2 Å². The van der Waals surface area contributed by atoms with Gasteiger partial charge in [0.25, 0.3) is 5.78 Å². The molecular weight excluding hydrogens is 330 g/mol. The molecule has 0 spiro atoms. The van der Waals surface area contributed by atoms with Crippen LogP contribution in [0.25, 0.3) is 0 Å². The van der Waals surface area contributed by atoms with E-state index in [0.717, 1.165) is 4.90 Å². The number of carbonyl (C=O) groups is 2. The second-order valence-electron chi connectivity index (χ2n) is 4.75. The van der Waals surface area contributed by atoms with Gasteiger partial charge in [0.15, 0.2) is 10.9 Å². The van der Waals surface area contributed by atoms with Crippen molar-refractivity contribution in [3.8, 4) is 5.75 Å². The number of rotatable bonds is 7. The van der Waals surface area contributed by atoms with Crippen LogP contribution in [0, 0.1) is 0 Å². The van der Waals surface area contributed by atoms with Crippen LogP contribution in [-0.4, -0.2) is 33.9 Å². The normalized spacial score (nSPS) is 10.5. The van der Waals surface area contributed by atoms with Crippen molar-refractivity contribution >= 4 is 23.3 Å². The van der Waals surface area contributed by atoms with Gasteiger partial charge in [0.2, 0.25) is 5.78 Å². The number of benzene rings is 1. The summed E-state index contributed by atoms with van der Waals surface area (Å²) in [5.74, 6) is -0.659. The predicted octanol–water partition coefficient (Wildman–Crippen LogP) is 2.55. The summed E-state index contributed by atoms with van der Waals surface area (Å²) in [6, 6.07) is 9.14. The highest BCUT2D eigenvalue weighted by atomic mass is 32.2. The van der Waals surface area contributed by atoms with Gasteiger partial charge in [0.05, 0.1) is 18.3 Å². The first-order valence-electron chi connectivity index (χ1n) is 6.99. The Morgan fingerprint density at radius 3 is 2.88 bits per heavy atom. The van der Waals surface area contributed by atoms with Crippen molar-refractivity contribution < 1.29 is 18.7 Å². The molecule has 0 saturated carbocycles. The van der Waals surface area contributed by atoms with Crippen LogP contribution in [0.5, 0.6) is 5.75 Å². The molecule has 3 aromatic rings. The zero-order chi connectivity index (χ0) is 16.9. The number of aromatic amines is 1. The Labute approximate surface area is 141 Å². The first kappa shape index (κ1) is 16.0. The number of methoxy groups -OCH3 is 1. The van der Waals surface area contributed by atoms with Crippen molar-refractivity contribution in [1.29, 1.82) is 0 Å². The molecule has 0 fully saturated rings. The maximum atomic E-state index is 12.1. The van der Waals surface area contributed by atoms with Gasteiger partial charge in [-0.25, -0.2) is 4.98 Å². The number of aromatic nitrogens is 3. The fourth-order valence-corrected chi connectivity index (χ4v) is 3.02. The zero-order valence-corrected chi connectivity index (χ0v) is 13.5. The summed E-state index contributed by atoms with van der Waals surface area (Å²) in [5.41, 5.74) is 0.628. The second kappa shape index (κ2) is 7.14. The summed E-state index contributed by atoms with van der Waals surface area (Å²) < 4.78 is 10.7. The lowest BCUT2D eigenvalue weighted by atomic mass is 10.1. The average molecular weight is 343 g/mol. The number of nitrogens with one attached hydrogen (secondary N) is 1. The molecule has 0 radical (unpaired) electrons. The van der Waals surface area contributed by atoms with Gasteiger partial charge < -0.3 is 9.15 Å². The minimum Gasteiger partial charge on any atom is -0.496 e. The molecule has 3 rings (SSSR count). The molecule has 8 heteroatoms. The Morgan fingerprint density at radius 1 is 1.29 bits per heavy atom. The lowest BCUT2D eigenvalue weighted by Crippen LogP contribution is -2.18. The molecule has 7 nitrogen and oxygen atoms in total. The van der Waals surface area contributed by atoms with Gasteiger partial charge >= 0.3 is 0 Å². The largest absolute Gasteiger partial charge is 0.496 e. The lowest BCUT2D eigenvalue weighted by molar-refractivity contribution is -0.114. The molecule has 122 valence electrons. The van der Waals surface area contributed by atoms with E-state index in [1.807, 2.05) is 24.3 Å². The van der Waals surface area contributed by atoms with Crippen molar-refractivity contribution in [2.75, 3.05) is 7.11 Å². The van der Waals surface area contributed by atoms with Crippen molar-refractivity contribution in [2.45, 2.75) is 16.4 Å². The number of Topliss-reactive ketones (excluding diaryl/α,β-unsaturated/α-hetero) is 2. The van der Waals surface area contributed by atoms with Crippen LogP contribution in [0.2, 0.25) is 0 Å². The SMILES string of the molecule is COc1ccccc1Sc1occc1CC(=O)C(=O)c1ncn[nH]1. The molecule has 2 aromatic heterocycles. The summed E-state index contributed by atoms with van der Waals surface area (Å²) in [6.45, 7) is 0. The second-order valence-corrected chi connectivity index (χ2v) is 5.76. The standard InChI is InChI=1S/C16H13N3O4S/c1-22-12-4-2-3-5-13(12)24-16-10(6-7-23-16)8-11(20)14(21)15-17-9-18-19-15/h2-7,9H,8H2,1H3,(H,17,18,19). The molecule has 0 aliphatic rings. The van der Waals surface area contributed by atoms with Crippen LogP contribution in [-0.2, 0) is 11.2 Å². The van der Waals surface area contributed by atoms with Gasteiger partial charge in [0.1, 0.15) is 12.1 Å². The van der Waals surface area contributed by atoms with Crippen molar-refractivity contribution in [2.24, 2.45) is 0 Å². The Balaban J connectivity index is 1.76. The highest BCUT2D eigenvalue weighted by Crippen LogP contribution is 2.37. The first-order chi connectivity index (χ1) is 11.7. The number of nitrogens with zero attached hydrogens (tertiary/aromatic N) is 2. The van der Waals surface area contributed by atoms with E-state index in [9.17, 15) is 9.59 Å². The van der Waals surface area contributed by atoms with Gasteiger partial charge in [-0.15, -0.1) is 0 Å². The Kier molecular flexibility index (Phi) is 4.76. The van der Waals surface area contributed by atoms with Crippen LogP contribution >= 0.6 is 11.8 Å². The Hall–Kier alpha value is -2.87. The van der Waals surface area contributed by atoms with Crippen molar-refractivity contribution in [3.63, 3.8) is 0 Å². The van der Waals surface area contributed by atoms with Gasteiger partial charge in [-0.05, 0) is 30.0 Å². The van der Waals surface area contributed by atoms with Gasteiger partial charge in [0, 0.05) is 12.0 Å². The molecule has 0 aliphatic heterocycles. The molecule has 0 aliphatic carbocycles. The number of ketones is 2. The number of hydrogen-bond donors (Lipinski definition) is 1. The summed E-state index contributed by atoms with van der Waals surface area (Å²) in [6.07, 6.45) is 2.59. The Bertz CT molecular complexity index is 858. The van der Waals surface area contributed by atoms with Gasteiger partial charge in [-0.3, -0.25) is 14.7 Å². The molecule has 0 bridgehead atoms. The minimum atomic E-state index is -0.707. The maximum absolute atomic E-state index is 12.1. The number of para-hydroxylation sites is 1. The third-order valence-corrected chi connectivity index (χ3v) is 4.31. The molecule has 1 N–H and O–H groups in total.